The second-order valence-electron chi connectivity index (χ2n) is 7.08. The van der Waals surface area contributed by atoms with Gasteiger partial charge in [0, 0.05) is 39.1 Å². The lowest BCUT2D eigenvalue weighted by molar-refractivity contribution is -0.143. The average molecular weight is 365 g/mol. The minimum atomic E-state index is -0.346. The summed E-state index contributed by atoms with van der Waals surface area (Å²) in [5.41, 5.74) is 0. The molecule has 2 saturated heterocycles. The van der Waals surface area contributed by atoms with Crippen molar-refractivity contribution in [1.29, 1.82) is 0 Å². The molecule has 2 aliphatic heterocycles. The predicted octanol–water partition coefficient (Wildman–Crippen LogP) is 1.88. The molecule has 26 heavy (non-hydrogen) atoms. The van der Waals surface area contributed by atoms with Crippen molar-refractivity contribution in [3.8, 4) is 0 Å². The summed E-state index contributed by atoms with van der Waals surface area (Å²) in [7, 11) is 1.70. The van der Waals surface area contributed by atoms with Crippen LogP contribution in [-0.4, -0.2) is 78.5 Å². The highest BCUT2D eigenvalue weighted by Gasteiger charge is 2.34. The van der Waals surface area contributed by atoms with Gasteiger partial charge in [0.25, 0.3) is 0 Å². The van der Waals surface area contributed by atoms with Crippen LogP contribution in [0.3, 0.4) is 0 Å². The molecule has 7 nitrogen and oxygen atoms in total. The summed E-state index contributed by atoms with van der Waals surface area (Å²) in [6, 6.07) is -0.0432. The fourth-order valence-corrected chi connectivity index (χ4v) is 3.58. The van der Waals surface area contributed by atoms with Crippen molar-refractivity contribution in [2.45, 2.75) is 45.1 Å². The third kappa shape index (κ3) is 4.99. The normalized spacial score (nSPS) is 21.2. The minimum absolute atomic E-state index is 0.0432. The lowest BCUT2D eigenvalue weighted by Gasteiger charge is -2.39. The first-order chi connectivity index (χ1) is 12.5. The largest absolute Gasteiger partial charge is 0.447 e. The summed E-state index contributed by atoms with van der Waals surface area (Å²) in [6.45, 7) is 8.15. The molecule has 0 aromatic carbocycles. The molecule has 0 bridgehead atoms. The number of hydrogen-bond acceptors (Lipinski definition) is 4. The van der Waals surface area contributed by atoms with Gasteiger partial charge in [0.2, 0.25) is 11.8 Å². The zero-order valence-corrected chi connectivity index (χ0v) is 16.0. The van der Waals surface area contributed by atoms with Crippen molar-refractivity contribution < 1.29 is 19.1 Å². The van der Waals surface area contributed by atoms with Gasteiger partial charge in [0.1, 0.15) is 6.61 Å². The van der Waals surface area contributed by atoms with Crippen molar-refractivity contribution in [3.63, 3.8) is 0 Å². The van der Waals surface area contributed by atoms with Gasteiger partial charge < -0.3 is 19.4 Å². The van der Waals surface area contributed by atoms with Gasteiger partial charge in [0.15, 0.2) is 0 Å². The van der Waals surface area contributed by atoms with Gasteiger partial charge in [-0.3, -0.25) is 9.59 Å². The molecule has 0 saturated carbocycles. The fraction of sp³-hybridized carbons (Fsp3) is 0.737. The third-order valence-corrected chi connectivity index (χ3v) is 5.43. The highest BCUT2D eigenvalue weighted by molar-refractivity contribution is 5.87. The van der Waals surface area contributed by atoms with E-state index in [0.717, 1.165) is 25.8 Å². The molecular weight excluding hydrogens is 334 g/mol. The SMILES string of the molecule is C=CC(=O)N1CCC(C(=O)N2CCCCC2COC(=O)N(C)CC)CC1. The smallest absolute Gasteiger partial charge is 0.409 e. The molecule has 0 spiro atoms. The number of carbonyl (C=O) groups excluding carboxylic acids is 3. The Kier molecular flexibility index (Phi) is 7.48. The van der Waals surface area contributed by atoms with Crippen molar-refractivity contribution in [2.24, 2.45) is 5.92 Å². The van der Waals surface area contributed by atoms with E-state index in [1.54, 1.807) is 11.9 Å². The van der Waals surface area contributed by atoms with Crippen LogP contribution < -0.4 is 0 Å². The van der Waals surface area contributed by atoms with Crippen LogP contribution in [0.25, 0.3) is 0 Å². The maximum Gasteiger partial charge on any atom is 0.409 e. The van der Waals surface area contributed by atoms with Gasteiger partial charge in [0.05, 0.1) is 6.04 Å². The molecule has 2 heterocycles. The molecule has 146 valence electrons. The highest BCUT2D eigenvalue weighted by atomic mass is 16.6. The Hall–Kier alpha value is -2.05. The molecule has 1 atom stereocenters. The van der Waals surface area contributed by atoms with Gasteiger partial charge in [-0.15, -0.1) is 0 Å². The first kappa shape index (κ1) is 20.3. The van der Waals surface area contributed by atoms with Crippen molar-refractivity contribution >= 4 is 17.9 Å². The van der Waals surface area contributed by atoms with Crippen molar-refractivity contribution in [3.05, 3.63) is 12.7 Å². The number of likely N-dealkylation sites (tertiary alicyclic amines) is 2. The van der Waals surface area contributed by atoms with Crippen LogP contribution in [0.1, 0.15) is 39.0 Å². The van der Waals surface area contributed by atoms with Gasteiger partial charge in [-0.05, 0) is 45.1 Å². The number of hydrogen-bond donors (Lipinski definition) is 0. The second-order valence-corrected chi connectivity index (χ2v) is 7.08. The molecule has 3 amide bonds. The van der Waals surface area contributed by atoms with Crippen molar-refractivity contribution in [2.75, 3.05) is 39.8 Å². The van der Waals surface area contributed by atoms with Gasteiger partial charge in [-0.25, -0.2) is 4.79 Å². The Morgan fingerprint density at radius 2 is 1.85 bits per heavy atom. The van der Waals surface area contributed by atoms with E-state index in [9.17, 15) is 14.4 Å². The Labute approximate surface area is 155 Å². The molecule has 0 aliphatic carbocycles. The molecule has 0 radical (unpaired) electrons. The number of rotatable bonds is 5. The number of amides is 3. The van der Waals surface area contributed by atoms with E-state index in [1.807, 2.05) is 11.8 Å². The van der Waals surface area contributed by atoms with Crippen LogP contribution in [0.2, 0.25) is 0 Å². The van der Waals surface area contributed by atoms with E-state index in [1.165, 1.54) is 11.0 Å². The van der Waals surface area contributed by atoms with E-state index in [2.05, 4.69) is 6.58 Å². The van der Waals surface area contributed by atoms with Crippen LogP contribution in [0.5, 0.6) is 0 Å². The van der Waals surface area contributed by atoms with Crippen LogP contribution in [0.15, 0.2) is 12.7 Å². The average Bonchev–Trinajstić information content (AvgIpc) is 2.70. The molecule has 0 aromatic heterocycles. The maximum absolute atomic E-state index is 13.0. The molecule has 0 N–H and O–H groups in total. The standard InChI is InChI=1S/C19H31N3O4/c1-4-17(23)21-12-9-15(10-13-21)18(24)22-11-7-6-8-16(22)14-26-19(25)20(3)5-2/h4,15-16H,1,5-14H2,2-3H3. The first-order valence-corrected chi connectivity index (χ1v) is 9.57. The summed E-state index contributed by atoms with van der Waals surface area (Å²) < 4.78 is 5.39. The number of ether oxygens (including phenoxy) is 1. The first-order valence-electron chi connectivity index (χ1n) is 9.57. The second kappa shape index (κ2) is 9.59. The summed E-state index contributed by atoms with van der Waals surface area (Å²) in [5, 5.41) is 0. The topological polar surface area (TPSA) is 70.2 Å². The minimum Gasteiger partial charge on any atom is -0.447 e. The van der Waals surface area contributed by atoms with E-state index in [0.29, 0.717) is 32.5 Å². The fourth-order valence-electron chi connectivity index (χ4n) is 3.58. The maximum atomic E-state index is 13.0. The Morgan fingerprint density at radius 3 is 2.46 bits per heavy atom. The Balaban J connectivity index is 1.90. The van der Waals surface area contributed by atoms with E-state index >= 15 is 0 Å². The van der Waals surface area contributed by atoms with Crippen LogP contribution in [0, 0.1) is 5.92 Å². The van der Waals surface area contributed by atoms with Gasteiger partial charge >= 0.3 is 6.09 Å². The van der Waals surface area contributed by atoms with Gasteiger partial charge in [-0.2, -0.15) is 0 Å². The molecule has 0 aromatic rings. The monoisotopic (exact) mass is 365 g/mol. The van der Waals surface area contributed by atoms with E-state index < -0.39 is 0 Å². The predicted molar refractivity (Wildman–Crippen MR) is 98.5 cm³/mol. The number of piperidine rings is 2. The van der Waals surface area contributed by atoms with E-state index in [-0.39, 0.29) is 36.5 Å². The summed E-state index contributed by atoms with van der Waals surface area (Å²) in [6.07, 6.45) is 5.23. The highest BCUT2D eigenvalue weighted by Crippen LogP contribution is 2.25. The summed E-state index contributed by atoms with van der Waals surface area (Å²) in [5.74, 6) is 0.0116. The quantitative estimate of drug-likeness (QED) is 0.698. The number of carbonyl (C=O) groups is 3. The Morgan fingerprint density at radius 1 is 1.15 bits per heavy atom. The third-order valence-electron chi connectivity index (χ3n) is 5.43. The van der Waals surface area contributed by atoms with Gasteiger partial charge in [-0.1, -0.05) is 6.58 Å². The molecule has 2 rings (SSSR count). The van der Waals surface area contributed by atoms with Crippen LogP contribution in [0.4, 0.5) is 4.79 Å². The molecular formula is C19H31N3O4. The lowest BCUT2D eigenvalue weighted by Crippen LogP contribution is -2.51. The zero-order chi connectivity index (χ0) is 19.1. The summed E-state index contributed by atoms with van der Waals surface area (Å²) in [4.78, 5) is 41.7. The molecule has 2 fully saturated rings. The lowest BCUT2D eigenvalue weighted by atomic mass is 9.92. The zero-order valence-electron chi connectivity index (χ0n) is 16.0. The molecule has 7 heteroatoms. The molecule has 1 unspecified atom stereocenters. The summed E-state index contributed by atoms with van der Waals surface area (Å²) >= 11 is 0. The molecule has 2 aliphatic rings. The van der Waals surface area contributed by atoms with Crippen molar-refractivity contribution in [1.82, 2.24) is 14.7 Å². The van der Waals surface area contributed by atoms with E-state index in [4.69, 9.17) is 4.74 Å². The Bertz CT molecular complexity index is 529. The number of nitrogens with zero attached hydrogens (tertiary/aromatic N) is 3. The van der Waals surface area contributed by atoms with Crippen LogP contribution >= 0.6 is 0 Å². The van der Waals surface area contributed by atoms with Crippen LogP contribution in [-0.2, 0) is 14.3 Å².